The van der Waals surface area contributed by atoms with Crippen LogP contribution in [0.5, 0.6) is 5.75 Å². The first-order valence-electron chi connectivity index (χ1n) is 8.62. The van der Waals surface area contributed by atoms with Crippen molar-refractivity contribution in [3.05, 3.63) is 35.2 Å². The Bertz CT molecular complexity index is 763. The molecule has 1 aromatic carbocycles. The van der Waals surface area contributed by atoms with Crippen LogP contribution in [0.1, 0.15) is 36.3 Å². The van der Waals surface area contributed by atoms with Crippen LogP contribution in [0.15, 0.2) is 22.7 Å². The maximum absolute atomic E-state index is 13.3. The Morgan fingerprint density at radius 2 is 2.12 bits per heavy atom. The van der Waals surface area contributed by atoms with Crippen molar-refractivity contribution in [3.63, 3.8) is 0 Å². The number of aryl methyl sites for hydroxylation is 2. The third kappa shape index (κ3) is 3.08. The van der Waals surface area contributed by atoms with Gasteiger partial charge < -0.3 is 19.1 Å². The lowest BCUT2D eigenvalue weighted by molar-refractivity contribution is -0.120. The minimum atomic E-state index is -0.259. The SMILES string of the molecule is CCC(C(=O)N1CCOc2cc(N(C)C)ccc21)c1c(C)noc1C. The first kappa shape index (κ1) is 17.3. The van der Waals surface area contributed by atoms with Crippen LogP contribution < -0.4 is 14.5 Å². The molecule has 0 spiro atoms. The molecule has 1 amide bonds. The summed E-state index contributed by atoms with van der Waals surface area (Å²) in [5.41, 5.74) is 3.57. The predicted octanol–water partition coefficient (Wildman–Crippen LogP) is 3.28. The summed E-state index contributed by atoms with van der Waals surface area (Å²) in [7, 11) is 3.97. The molecule has 1 atom stereocenters. The van der Waals surface area contributed by atoms with Crippen molar-refractivity contribution in [1.29, 1.82) is 0 Å². The van der Waals surface area contributed by atoms with Gasteiger partial charge in [0.05, 0.1) is 23.8 Å². The molecule has 0 saturated carbocycles. The summed E-state index contributed by atoms with van der Waals surface area (Å²) in [6, 6.07) is 5.94. The normalized spacial score (nSPS) is 14.7. The zero-order chi connectivity index (χ0) is 18.1. The van der Waals surface area contributed by atoms with Gasteiger partial charge in [-0.3, -0.25) is 4.79 Å². The number of hydrogen-bond donors (Lipinski definition) is 0. The minimum Gasteiger partial charge on any atom is -0.489 e. The van der Waals surface area contributed by atoms with E-state index in [4.69, 9.17) is 9.26 Å². The molecule has 6 heteroatoms. The lowest BCUT2D eigenvalue weighted by Crippen LogP contribution is -2.41. The Morgan fingerprint density at radius 1 is 1.36 bits per heavy atom. The van der Waals surface area contributed by atoms with Gasteiger partial charge >= 0.3 is 0 Å². The fourth-order valence-corrected chi connectivity index (χ4v) is 3.39. The van der Waals surface area contributed by atoms with Crippen molar-refractivity contribution in [1.82, 2.24) is 5.16 Å². The lowest BCUT2D eigenvalue weighted by Gasteiger charge is -2.32. The zero-order valence-electron chi connectivity index (χ0n) is 15.5. The molecule has 0 bridgehead atoms. The highest BCUT2D eigenvalue weighted by molar-refractivity contribution is 6.00. The van der Waals surface area contributed by atoms with Crippen LogP contribution in [0.25, 0.3) is 0 Å². The maximum Gasteiger partial charge on any atom is 0.234 e. The Balaban J connectivity index is 1.96. The molecule has 6 nitrogen and oxygen atoms in total. The number of ether oxygens (including phenoxy) is 1. The van der Waals surface area contributed by atoms with Gasteiger partial charge in [0.25, 0.3) is 0 Å². The number of carbonyl (C=O) groups is 1. The number of carbonyl (C=O) groups excluding carboxylic acids is 1. The van der Waals surface area contributed by atoms with E-state index in [9.17, 15) is 4.79 Å². The van der Waals surface area contributed by atoms with Gasteiger partial charge in [0.1, 0.15) is 18.1 Å². The Kier molecular flexibility index (Phi) is 4.70. The number of fused-ring (bicyclic) bond motifs is 1. The van der Waals surface area contributed by atoms with Crippen LogP contribution in [0.3, 0.4) is 0 Å². The summed E-state index contributed by atoms with van der Waals surface area (Å²) in [6.07, 6.45) is 0.699. The highest BCUT2D eigenvalue weighted by Gasteiger charge is 2.33. The molecular formula is C19H25N3O3. The van der Waals surface area contributed by atoms with Gasteiger partial charge in [-0.1, -0.05) is 12.1 Å². The second-order valence-corrected chi connectivity index (χ2v) is 6.58. The Hall–Kier alpha value is -2.50. The van der Waals surface area contributed by atoms with E-state index in [0.717, 1.165) is 28.4 Å². The molecule has 134 valence electrons. The van der Waals surface area contributed by atoms with Crippen molar-refractivity contribution in [2.24, 2.45) is 0 Å². The summed E-state index contributed by atoms with van der Waals surface area (Å²) >= 11 is 0. The average Bonchev–Trinajstić information content (AvgIpc) is 2.93. The van der Waals surface area contributed by atoms with Crippen LogP contribution in [0.4, 0.5) is 11.4 Å². The number of anilines is 2. The van der Waals surface area contributed by atoms with E-state index in [1.807, 2.05) is 62.9 Å². The Morgan fingerprint density at radius 3 is 2.72 bits per heavy atom. The summed E-state index contributed by atoms with van der Waals surface area (Å²) < 4.78 is 11.1. The van der Waals surface area contributed by atoms with E-state index in [2.05, 4.69) is 5.16 Å². The van der Waals surface area contributed by atoms with E-state index >= 15 is 0 Å². The molecule has 3 rings (SSSR count). The second kappa shape index (κ2) is 6.78. The molecule has 0 N–H and O–H groups in total. The molecule has 2 aromatic rings. The summed E-state index contributed by atoms with van der Waals surface area (Å²) in [5.74, 6) is 1.28. The smallest absolute Gasteiger partial charge is 0.234 e. The first-order valence-corrected chi connectivity index (χ1v) is 8.62. The van der Waals surface area contributed by atoms with Gasteiger partial charge in [0, 0.05) is 31.4 Å². The van der Waals surface area contributed by atoms with E-state index in [-0.39, 0.29) is 11.8 Å². The third-order valence-electron chi connectivity index (χ3n) is 4.73. The van der Waals surface area contributed by atoms with Gasteiger partial charge in [-0.15, -0.1) is 0 Å². The largest absolute Gasteiger partial charge is 0.489 e. The fourth-order valence-electron chi connectivity index (χ4n) is 3.39. The van der Waals surface area contributed by atoms with Gasteiger partial charge in [0.15, 0.2) is 0 Å². The van der Waals surface area contributed by atoms with Crippen LogP contribution in [-0.2, 0) is 4.79 Å². The predicted molar refractivity (Wildman–Crippen MR) is 97.6 cm³/mol. The maximum atomic E-state index is 13.3. The van der Waals surface area contributed by atoms with Crippen molar-refractivity contribution >= 4 is 17.3 Å². The molecule has 25 heavy (non-hydrogen) atoms. The van der Waals surface area contributed by atoms with E-state index < -0.39 is 0 Å². The topological polar surface area (TPSA) is 58.8 Å². The van der Waals surface area contributed by atoms with E-state index in [1.165, 1.54) is 0 Å². The number of rotatable bonds is 4. The average molecular weight is 343 g/mol. The minimum absolute atomic E-state index is 0.0686. The molecular weight excluding hydrogens is 318 g/mol. The van der Waals surface area contributed by atoms with E-state index in [1.54, 1.807) is 0 Å². The first-order chi connectivity index (χ1) is 11.9. The number of hydrogen-bond acceptors (Lipinski definition) is 5. The van der Waals surface area contributed by atoms with Crippen LogP contribution >= 0.6 is 0 Å². The van der Waals surface area contributed by atoms with Crippen molar-refractivity contribution in [2.75, 3.05) is 37.0 Å². The van der Waals surface area contributed by atoms with Gasteiger partial charge in [-0.2, -0.15) is 0 Å². The van der Waals surface area contributed by atoms with Gasteiger partial charge in [0.2, 0.25) is 5.91 Å². The quantitative estimate of drug-likeness (QED) is 0.853. The fraction of sp³-hybridized carbons (Fsp3) is 0.474. The molecule has 0 fully saturated rings. The lowest BCUT2D eigenvalue weighted by atomic mass is 9.93. The monoisotopic (exact) mass is 343 g/mol. The molecule has 0 aliphatic carbocycles. The second-order valence-electron chi connectivity index (χ2n) is 6.58. The van der Waals surface area contributed by atoms with Gasteiger partial charge in [-0.05, 0) is 32.4 Å². The molecule has 1 aliphatic rings. The van der Waals surface area contributed by atoms with E-state index in [0.29, 0.717) is 25.3 Å². The molecule has 1 aliphatic heterocycles. The van der Waals surface area contributed by atoms with Crippen LogP contribution in [0, 0.1) is 13.8 Å². The number of amides is 1. The number of nitrogens with zero attached hydrogens (tertiary/aromatic N) is 3. The third-order valence-corrected chi connectivity index (χ3v) is 4.73. The standard InChI is InChI=1S/C19H25N3O3/c1-6-15(18-12(2)20-25-13(18)3)19(23)22-9-10-24-17-11-14(21(4)5)7-8-16(17)22/h7-8,11,15H,6,9-10H2,1-5H3. The molecule has 2 heterocycles. The highest BCUT2D eigenvalue weighted by Crippen LogP contribution is 2.37. The highest BCUT2D eigenvalue weighted by atomic mass is 16.5. The zero-order valence-corrected chi connectivity index (χ0v) is 15.5. The number of benzene rings is 1. The summed E-state index contributed by atoms with van der Waals surface area (Å²) in [6.45, 7) is 6.81. The summed E-state index contributed by atoms with van der Waals surface area (Å²) in [4.78, 5) is 17.2. The van der Waals surface area contributed by atoms with Crippen molar-refractivity contribution in [3.8, 4) is 5.75 Å². The van der Waals surface area contributed by atoms with Crippen molar-refractivity contribution < 1.29 is 14.1 Å². The van der Waals surface area contributed by atoms with Crippen LogP contribution in [0.2, 0.25) is 0 Å². The molecule has 1 aromatic heterocycles. The molecule has 0 saturated heterocycles. The number of aromatic nitrogens is 1. The molecule has 0 radical (unpaired) electrons. The van der Waals surface area contributed by atoms with Crippen molar-refractivity contribution in [2.45, 2.75) is 33.1 Å². The van der Waals surface area contributed by atoms with Crippen LogP contribution in [-0.4, -0.2) is 38.3 Å². The van der Waals surface area contributed by atoms with Gasteiger partial charge in [-0.25, -0.2) is 0 Å². The Labute approximate surface area is 148 Å². The summed E-state index contributed by atoms with van der Waals surface area (Å²) in [5, 5.41) is 4.01. The molecule has 1 unspecified atom stereocenters.